The molecule has 0 bridgehead atoms. The van der Waals surface area contributed by atoms with Gasteiger partial charge in [-0.2, -0.15) is 5.26 Å². The second kappa shape index (κ2) is 5.20. The van der Waals surface area contributed by atoms with E-state index in [2.05, 4.69) is 26.8 Å². The van der Waals surface area contributed by atoms with E-state index in [4.69, 9.17) is 15.7 Å². The molecule has 17 heavy (non-hydrogen) atoms. The summed E-state index contributed by atoms with van der Waals surface area (Å²) in [4.78, 5) is 0. The highest BCUT2D eigenvalue weighted by atomic mass is 16.5. The monoisotopic (exact) mass is 232 g/mol. The quantitative estimate of drug-likeness (QED) is 0.871. The second-order valence-electron chi connectivity index (χ2n) is 5.40. The third-order valence-electron chi connectivity index (χ3n) is 2.58. The summed E-state index contributed by atoms with van der Waals surface area (Å²) in [5.74, 6) is 0.751. The van der Waals surface area contributed by atoms with Crippen molar-refractivity contribution in [2.24, 2.45) is 11.1 Å². The summed E-state index contributed by atoms with van der Waals surface area (Å²) in [6.07, 6.45) is -0.0598. The number of benzene rings is 1. The Morgan fingerprint density at radius 2 is 1.76 bits per heavy atom. The summed E-state index contributed by atoms with van der Waals surface area (Å²) >= 11 is 0. The van der Waals surface area contributed by atoms with E-state index in [9.17, 15) is 0 Å². The van der Waals surface area contributed by atoms with Crippen LogP contribution in [0, 0.1) is 16.7 Å². The maximum Gasteiger partial charge on any atom is 0.119 e. The standard InChI is InChI=1S/C14H20N2O/c1-10(16)13(14(2,3)4)17-12-7-5-11(9-15)6-8-12/h5-8,10,13H,16H2,1-4H3. The van der Waals surface area contributed by atoms with E-state index in [1.54, 1.807) is 24.3 Å². The van der Waals surface area contributed by atoms with Gasteiger partial charge in [-0.05, 0) is 31.2 Å². The first-order valence-corrected chi connectivity index (χ1v) is 5.77. The van der Waals surface area contributed by atoms with Crippen LogP contribution in [-0.2, 0) is 0 Å². The van der Waals surface area contributed by atoms with Gasteiger partial charge in [0, 0.05) is 11.5 Å². The lowest BCUT2D eigenvalue weighted by molar-refractivity contribution is 0.0684. The van der Waals surface area contributed by atoms with Gasteiger partial charge in [0.15, 0.2) is 0 Å². The molecule has 0 aliphatic rings. The SMILES string of the molecule is CC(N)C(Oc1ccc(C#N)cc1)C(C)(C)C. The molecule has 0 saturated carbocycles. The Morgan fingerprint density at radius 1 is 1.24 bits per heavy atom. The van der Waals surface area contributed by atoms with Gasteiger partial charge in [-0.15, -0.1) is 0 Å². The predicted octanol–water partition coefficient (Wildman–Crippen LogP) is 2.70. The molecule has 2 unspecified atom stereocenters. The molecule has 1 rings (SSSR count). The Hall–Kier alpha value is -1.53. The van der Waals surface area contributed by atoms with Crippen LogP contribution >= 0.6 is 0 Å². The molecule has 2 atom stereocenters. The van der Waals surface area contributed by atoms with E-state index in [0.717, 1.165) is 5.75 Å². The van der Waals surface area contributed by atoms with E-state index in [0.29, 0.717) is 5.56 Å². The van der Waals surface area contributed by atoms with Gasteiger partial charge in [0.25, 0.3) is 0 Å². The lowest BCUT2D eigenvalue weighted by Crippen LogP contribution is -2.45. The van der Waals surface area contributed by atoms with Crippen LogP contribution in [0.4, 0.5) is 0 Å². The van der Waals surface area contributed by atoms with Gasteiger partial charge in [-0.3, -0.25) is 0 Å². The molecule has 2 N–H and O–H groups in total. The normalized spacial score (nSPS) is 14.8. The van der Waals surface area contributed by atoms with Crippen LogP contribution in [0.3, 0.4) is 0 Å². The Labute approximate surface area is 103 Å². The molecular formula is C14H20N2O. The molecule has 0 saturated heterocycles. The average Bonchev–Trinajstić information content (AvgIpc) is 2.24. The van der Waals surface area contributed by atoms with E-state index in [-0.39, 0.29) is 17.6 Å². The smallest absolute Gasteiger partial charge is 0.119 e. The number of ether oxygens (including phenoxy) is 1. The predicted molar refractivity (Wildman–Crippen MR) is 68.7 cm³/mol. The number of hydrogen-bond donors (Lipinski definition) is 1. The van der Waals surface area contributed by atoms with Crippen LogP contribution in [0.5, 0.6) is 5.75 Å². The first-order chi connectivity index (χ1) is 7.84. The minimum absolute atomic E-state index is 0.0257. The third kappa shape index (κ3) is 3.76. The van der Waals surface area contributed by atoms with Crippen molar-refractivity contribution in [3.63, 3.8) is 0 Å². The zero-order chi connectivity index (χ0) is 13.1. The van der Waals surface area contributed by atoms with E-state index in [1.165, 1.54) is 0 Å². The van der Waals surface area contributed by atoms with Crippen LogP contribution < -0.4 is 10.5 Å². The molecule has 1 aromatic rings. The van der Waals surface area contributed by atoms with Gasteiger partial charge in [-0.1, -0.05) is 20.8 Å². The second-order valence-corrected chi connectivity index (χ2v) is 5.40. The first kappa shape index (κ1) is 13.5. The molecule has 0 spiro atoms. The zero-order valence-electron chi connectivity index (χ0n) is 10.9. The Kier molecular flexibility index (Phi) is 4.14. The van der Waals surface area contributed by atoms with Crippen molar-refractivity contribution in [1.29, 1.82) is 5.26 Å². The molecule has 0 aliphatic heterocycles. The molecule has 92 valence electrons. The molecule has 3 heteroatoms. The molecule has 0 fully saturated rings. The molecule has 0 aliphatic carbocycles. The van der Waals surface area contributed by atoms with Crippen molar-refractivity contribution in [1.82, 2.24) is 0 Å². The highest BCUT2D eigenvalue weighted by Crippen LogP contribution is 2.26. The van der Waals surface area contributed by atoms with E-state index >= 15 is 0 Å². The molecular weight excluding hydrogens is 212 g/mol. The molecule has 0 amide bonds. The number of nitriles is 1. The van der Waals surface area contributed by atoms with Gasteiger partial charge in [0.2, 0.25) is 0 Å². The van der Waals surface area contributed by atoms with Crippen molar-refractivity contribution in [3.8, 4) is 11.8 Å². The lowest BCUT2D eigenvalue weighted by Gasteiger charge is -2.34. The maximum atomic E-state index is 8.72. The topological polar surface area (TPSA) is 59.0 Å². The maximum absolute atomic E-state index is 8.72. The number of nitrogens with two attached hydrogens (primary N) is 1. The fourth-order valence-electron chi connectivity index (χ4n) is 1.83. The van der Waals surface area contributed by atoms with Crippen molar-refractivity contribution in [3.05, 3.63) is 29.8 Å². The molecule has 0 aromatic heterocycles. The van der Waals surface area contributed by atoms with E-state index < -0.39 is 0 Å². The fraction of sp³-hybridized carbons (Fsp3) is 0.500. The first-order valence-electron chi connectivity index (χ1n) is 5.77. The van der Waals surface area contributed by atoms with Crippen molar-refractivity contribution >= 4 is 0 Å². The molecule has 1 aromatic carbocycles. The molecule has 3 nitrogen and oxygen atoms in total. The van der Waals surface area contributed by atoms with Gasteiger partial charge in [-0.25, -0.2) is 0 Å². The van der Waals surface area contributed by atoms with Crippen LogP contribution in [0.15, 0.2) is 24.3 Å². The Bertz CT molecular complexity index is 396. The lowest BCUT2D eigenvalue weighted by atomic mass is 9.85. The Morgan fingerprint density at radius 3 is 2.12 bits per heavy atom. The van der Waals surface area contributed by atoms with Crippen LogP contribution in [0.2, 0.25) is 0 Å². The van der Waals surface area contributed by atoms with Crippen LogP contribution in [0.1, 0.15) is 33.3 Å². The Balaban J connectivity index is 2.84. The van der Waals surface area contributed by atoms with Gasteiger partial charge < -0.3 is 10.5 Å². The van der Waals surface area contributed by atoms with E-state index in [1.807, 2.05) is 6.92 Å². The highest BCUT2D eigenvalue weighted by molar-refractivity contribution is 5.34. The summed E-state index contributed by atoms with van der Waals surface area (Å²) in [5.41, 5.74) is 6.55. The van der Waals surface area contributed by atoms with Crippen LogP contribution in [-0.4, -0.2) is 12.1 Å². The zero-order valence-corrected chi connectivity index (χ0v) is 10.9. The third-order valence-corrected chi connectivity index (χ3v) is 2.58. The number of rotatable bonds is 3. The summed E-state index contributed by atoms with van der Waals surface area (Å²) < 4.78 is 5.91. The summed E-state index contributed by atoms with van der Waals surface area (Å²) in [5, 5.41) is 8.72. The van der Waals surface area contributed by atoms with Crippen molar-refractivity contribution in [2.75, 3.05) is 0 Å². The summed E-state index contributed by atoms with van der Waals surface area (Å²) in [6.45, 7) is 8.25. The molecule has 0 radical (unpaired) electrons. The van der Waals surface area contributed by atoms with Gasteiger partial charge in [0.1, 0.15) is 11.9 Å². The minimum Gasteiger partial charge on any atom is -0.488 e. The van der Waals surface area contributed by atoms with Gasteiger partial charge >= 0.3 is 0 Å². The average molecular weight is 232 g/mol. The van der Waals surface area contributed by atoms with Crippen molar-refractivity contribution < 1.29 is 4.74 Å². The van der Waals surface area contributed by atoms with Crippen molar-refractivity contribution in [2.45, 2.75) is 39.8 Å². The highest BCUT2D eigenvalue weighted by Gasteiger charge is 2.29. The largest absolute Gasteiger partial charge is 0.488 e. The summed E-state index contributed by atoms with van der Waals surface area (Å²) in [6, 6.07) is 9.13. The summed E-state index contributed by atoms with van der Waals surface area (Å²) in [7, 11) is 0. The van der Waals surface area contributed by atoms with Gasteiger partial charge in [0.05, 0.1) is 11.6 Å². The fourth-order valence-corrected chi connectivity index (χ4v) is 1.83. The molecule has 0 heterocycles. The minimum atomic E-state index is -0.0598. The van der Waals surface area contributed by atoms with Crippen LogP contribution in [0.25, 0.3) is 0 Å². The number of hydrogen-bond acceptors (Lipinski definition) is 3. The number of nitrogens with zero attached hydrogens (tertiary/aromatic N) is 1.